The van der Waals surface area contributed by atoms with Crippen molar-refractivity contribution in [2.75, 3.05) is 5.73 Å². The number of halogens is 1. The molecule has 0 aliphatic rings. The van der Waals surface area contributed by atoms with Crippen molar-refractivity contribution in [3.8, 4) is 22.5 Å². The van der Waals surface area contributed by atoms with Crippen LogP contribution in [-0.4, -0.2) is 24.9 Å². The third kappa shape index (κ3) is 4.94. The summed E-state index contributed by atoms with van der Waals surface area (Å²) >= 11 is 7.23. The number of benzene rings is 1. The summed E-state index contributed by atoms with van der Waals surface area (Å²) in [5.74, 6) is 0.468. The van der Waals surface area contributed by atoms with Crippen LogP contribution in [0.15, 0.2) is 90.4 Å². The minimum absolute atomic E-state index is 0.0442. The van der Waals surface area contributed by atoms with Gasteiger partial charge in [-0.3, -0.25) is 14.2 Å². The summed E-state index contributed by atoms with van der Waals surface area (Å²) in [7, 11) is 0. The molecule has 2 N–H and O–H groups in total. The summed E-state index contributed by atoms with van der Waals surface area (Å²) in [6, 6.07) is 17.9. The van der Waals surface area contributed by atoms with Crippen LogP contribution in [0.25, 0.3) is 22.5 Å². The van der Waals surface area contributed by atoms with Crippen molar-refractivity contribution in [2.45, 2.75) is 12.8 Å². The van der Waals surface area contributed by atoms with E-state index in [9.17, 15) is 9.59 Å². The van der Waals surface area contributed by atoms with Gasteiger partial charge in [0, 0.05) is 47.9 Å². The van der Waals surface area contributed by atoms with E-state index in [1.54, 1.807) is 47.6 Å². The molecule has 5 rings (SSSR count). The number of aryl methyl sites for hydroxylation is 1. The van der Waals surface area contributed by atoms with E-state index in [4.69, 9.17) is 17.3 Å². The minimum atomic E-state index is -0.122. The van der Waals surface area contributed by atoms with Crippen LogP contribution in [0.1, 0.15) is 21.8 Å². The Labute approximate surface area is 210 Å². The fraction of sp³-hybridized carbons (Fsp3) is 0.0769. The first-order valence-electron chi connectivity index (χ1n) is 10.8. The number of pyridine rings is 2. The number of ketones is 1. The zero-order valence-electron chi connectivity index (χ0n) is 18.5. The second-order valence-electron chi connectivity index (χ2n) is 7.88. The molecule has 0 saturated heterocycles. The molecule has 0 atom stereocenters. The maximum Gasteiger partial charge on any atom is 0.255 e. The van der Waals surface area contributed by atoms with E-state index in [0.29, 0.717) is 27.9 Å². The molecule has 9 heteroatoms. The zero-order chi connectivity index (χ0) is 24.4. The third-order valence-corrected chi connectivity index (χ3v) is 6.82. The fourth-order valence-corrected chi connectivity index (χ4v) is 4.80. The molecule has 0 aliphatic heterocycles. The highest BCUT2D eigenvalue weighted by molar-refractivity contribution is 7.18. The van der Waals surface area contributed by atoms with Crippen LogP contribution in [0, 0.1) is 0 Å². The van der Waals surface area contributed by atoms with Crippen LogP contribution >= 0.6 is 22.9 Å². The molecule has 7 nitrogen and oxygen atoms in total. The predicted molar refractivity (Wildman–Crippen MR) is 139 cm³/mol. The first-order chi connectivity index (χ1) is 17.0. The molecule has 174 valence electrons. The summed E-state index contributed by atoms with van der Waals surface area (Å²) < 4.78 is 4.09. The summed E-state index contributed by atoms with van der Waals surface area (Å²) in [6.07, 6.45) is 7.92. The van der Waals surface area contributed by atoms with E-state index in [1.165, 1.54) is 17.4 Å². The molecule has 0 radical (unpaired) electrons. The number of hydrogen-bond donors (Lipinski definition) is 1. The van der Waals surface area contributed by atoms with Crippen LogP contribution in [0.3, 0.4) is 0 Å². The Balaban J connectivity index is 1.48. The van der Waals surface area contributed by atoms with Crippen LogP contribution in [0.4, 0.5) is 5.82 Å². The molecular formula is C26H20ClN5O2S. The fourth-order valence-electron chi connectivity index (χ4n) is 3.79. The van der Waals surface area contributed by atoms with Crippen LogP contribution in [-0.2, 0) is 6.42 Å². The van der Waals surface area contributed by atoms with Crippen LogP contribution in [0.2, 0.25) is 4.34 Å². The van der Waals surface area contributed by atoms with Gasteiger partial charge in [-0.15, -0.1) is 11.3 Å². The van der Waals surface area contributed by atoms with Gasteiger partial charge in [-0.1, -0.05) is 17.7 Å². The third-order valence-electron chi connectivity index (χ3n) is 5.55. The summed E-state index contributed by atoms with van der Waals surface area (Å²) in [5.41, 5.74) is 9.76. The van der Waals surface area contributed by atoms with E-state index in [1.807, 2.05) is 41.1 Å². The van der Waals surface area contributed by atoms with Gasteiger partial charge < -0.3 is 10.3 Å². The Bertz CT molecular complexity index is 1570. The first kappa shape index (κ1) is 22.8. The monoisotopic (exact) mass is 501 g/mol. The summed E-state index contributed by atoms with van der Waals surface area (Å²) in [5, 5.41) is 0. The number of aromatic nitrogens is 4. The molecule has 0 spiro atoms. The molecule has 0 amide bonds. The zero-order valence-corrected chi connectivity index (χ0v) is 20.0. The molecule has 0 saturated carbocycles. The van der Waals surface area contributed by atoms with E-state index < -0.39 is 0 Å². The lowest BCUT2D eigenvalue weighted by molar-refractivity contribution is 0.0986. The highest BCUT2D eigenvalue weighted by atomic mass is 35.5. The average Bonchev–Trinajstić information content (AvgIpc) is 3.52. The number of anilines is 1. The smallest absolute Gasteiger partial charge is 0.255 e. The molecule has 0 fully saturated rings. The molecule has 4 aromatic heterocycles. The van der Waals surface area contributed by atoms with Crippen molar-refractivity contribution < 1.29 is 4.79 Å². The number of nitrogens with two attached hydrogens (primary N) is 1. The molecule has 0 bridgehead atoms. The standard InChI is InChI=1S/C26H20ClN5O2S/c27-24-10-9-23(35-24)22(33)8-5-18-15-31(16-30-18)21-7-6-19(32-12-2-1-3-26(32)34)13-20(21)17-4-11-25(28)29-14-17/h1-4,6-7,9-16H,5,8H2,(H2,28,29). The number of Topliss-reactive ketones (excluding diaryl/α,β-unsaturated/α-hetero) is 1. The SMILES string of the molecule is Nc1ccc(-c2cc(-n3ccccc3=O)ccc2-n2cnc(CCC(=O)c3ccc(Cl)s3)c2)cn1. The quantitative estimate of drug-likeness (QED) is 0.309. The first-order valence-corrected chi connectivity index (χ1v) is 12.0. The number of hydrogen-bond acceptors (Lipinski definition) is 6. The minimum Gasteiger partial charge on any atom is -0.384 e. The molecular weight excluding hydrogens is 482 g/mol. The van der Waals surface area contributed by atoms with Gasteiger partial charge in [0.1, 0.15) is 5.82 Å². The van der Waals surface area contributed by atoms with E-state index in [-0.39, 0.29) is 11.3 Å². The second kappa shape index (κ2) is 9.69. The number of nitrogens with zero attached hydrogens (tertiary/aromatic N) is 4. The van der Waals surface area contributed by atoms with E-state index in [0.717, 1.165) is 28.2 Å². The molecule has 5 aromatic rings. The van der Waals surface area contributed by atoms with Gasteiger partial charge in [0.05, 0.1) is 26.9 Å². The number of imidazole rings is 1. The van der Waals surface area contributed by atoms with Crippen LogP contribution < -0.4 is 11.3 Å². The van der Waals surface area contributed by atoms with Gasteiger partial charge in [0.25, 0.3) is 5.56 Å². The molecule has 0 unspecified atom stereocenters. The van der Waals surface area contributed by atoms with Gasteiger partial charge in [0.15, 0.2) is 5.78 Å². The van der Waals surface area contributed by atoms with Crippen molar-refractivity contribution in [2.24, 2.45) is 0 Å². The summed E-state index contributed by atoms with van der Waals surface area (Å²) in [6.45, 7) is 0. The normalized spacial score (nSPS) is 11.0. The van der Waals surface area contributed by atoms with Crippen molar-refractivity contribution in [3.63, 3.8) is 0 Å². The van der Waals surface area contributed by atoms with E-state index >= 15 is 0 Å². The Morgan fingerprint density at radius 1 is 1.06 bits per heavy atom. The lowest BCUT2D eigenvalue weighted by Gasteiger charge is -2.14. The molecule has 4 heterocycles. The van der Waals surface area contributed by atoms with Crippen LogP contribution in [0.5, 0.6) is 0 Å². The molecule has 0 aliphatic carbocycles. The molecule has 1 aromatic carbocycles. The summed E-state index contributed by atoms with van der Waals surface area (Å²) in [4.78, 5) is 34.2. The topological polar surface area (TPSA) is 95.8 Å². The lowest BCUT2D eigenvalue weighted by Crippen LogP contribution is -2.15. The largest absolute Gasteiger partial charge is 0.384 e. The Hall–Kier alpha value is -4.01. The molecule has 35 heavy (non-hydrogen) atoms. The van der Waals surface area contributed by atoms with Gasteiger partial charge >= 0.3 is 0 Å². The van der Waals surface area contributed by atoms with Gasteiger partial charge in [-0.05, 0) is 55.0 Å². The van der Waals surface area contributed by atoms with Crippen molar-refractivity contribution in [1.29, 1.82) is 0 Å². The lowest BCUT2D eigenvalue weighted by atomic mass is 10.0. The van der Waals surface area contributed by atoms with E-state index in [2.05, 4.69) is 9.97 Å². The highest BCUT2D eigenvalue weighted by Crippen LogP contribution is 2.29. The number of thiophene rings is 1. The van der Waals surface area contributed by atoms with Crippen molar-refractivity contribution >= 4 is 34.5 Å². The average molecular weight is 502 g/mol. The predicted octanol–water partition coefficient (Wildman–Crippen LogP) is 5.20. The van der Waals surface area contributed by atoms with Gasteiger partial charge in [0.2, 0.25) is 0 Å². The van der Waals surface area contributed by atoms with Gasteiger partial charge in [-0.25, -0.2) is 9.97 Å². The van der Waals surface area contributed by atoms with Crippen molar-refractivity contribution in [3.05, 3.63) is 111 Å². The second-order valence-corrected chi connectivity index (χ2v) is 9.60. The number of nitrogen functional groups attached to an aromatic ring is 1. The maximum absolute atomic E-state index is 12.4. The number of carbonyl (C=O) groups is 1. The number of carbonyl (C=O) groups excluding carboxylic acids is 1. The Kier molecular flexibility index (Phi) is 6.31. The Morgan fingerprint density at radius 3 is 2.69 bits per heavy atom. The van der Waals surface area contributed by atoms with Gasteiger partial charge in [-0.2, -0.15) is 0 Å². The highest BCUT2D eigenvalue weighted by Gasteiger charge is 2.14. The maximum atomic E-state index is 12.4. The number of rotatable bonds is 7. The Morgan fingerprint density at radius 2 is 1.94 bits per heavy atom. The van der Waals surface area contributed by atoms with Crippen molar-refractivity contribution in [1.82, 2.24) is 19.1 Å².